The monoisotopic (exact) mass is 465 g/mol. The summed E-state index contributed by atoms with van der Waals surface area (Å²) in [4.78, 5) is 14.5. The van der Waals surface area contributed by atoms with Crippen LogP contribution in [0.15, 0.2) is 53.6 Å². The number of carbonyl (C=O) groups excluding carboxylic acids is 1. The Labute approximate surface area is 206 Å². The van der Waals surface area contributed by atoms with E-state index in [9.17, 15) is 4.79 Å². The number of anilines is 1. The molecule has 5 heteroatoms. The van der Waals surface area contributed by atoms with Gasteiger partial charge in [-0.05, 0) is 65.5 Å². The summed E-state index contributed by atoms with van der Waals surface area (Å²) < 4.78 is 5.64. The van der Waals surface area contributed by atoms with Crippen LogP contribution in [0.4, 0.5) is 5.69 Å². The molecule has 0 atom stereocenters. The fourth-order valence-corrected chi connectivity index (χ4v) is 4.47. The third kappa shape index (κ3) is 9.20. The van der Waals surface area contributed by atoms with Crippen LogP contribution in [0, 0.1) is 5.41 Å². The van der Waals surface area contributed by atoms with Gasteiger partial charge in [-0.1, -0.05) is 72.7 Å². The molecule has 0 unspecified atom stereocenters. The van der Waals surface area contributed by atoms with Crippen molar-refractivity contribution in [3.8, 4) is 5.75 Å². The molecule has 2 aromatic carbocycles. The van der Waals surface area contributed by atoms with Gasteiger partial charge in [-0.2, -0.15) is 5.10 Å². The Morgan fingerprint density at radius 3 is 2.06 bits per heavy atom. The number of hydrogen-bond donors (Lipinski definition) is 1. The molecular formula is C29H43N3O2. The van der Waals surface area contributed by atoms with E-state index in [1.54, 1.807) is 6.21 Å². The normalized spacial score (nSPS) is 12.1. The van der Waals surface area contributed by atoms with Crippen LogP contribution in [0.1, 0.15) is 78.9 Å². The zero-order valence-corrected chi connectivity index (χ0v) is 22.1. The highest BCUT2D eigenvalue weighted by Crippen LogP contribution is 2.36. The topological polar surface area (TPSA) is 53.9 Å². The molecule has 34 heavy (non-hydrogen) atoms. The number of benzene rings is 2. The first kappa shape index (κ1) is 27.4. The zero-order chi connectivity index (χ0) is 25.2. The number of ether oxygens (including phenoxy) is 1. The second kappa shape index (κ2) is 12.6. The molecule has 0 heterocycles. The highest BCUT2D eigenvalue weighted by Gasteiger charge is 2.27. The second-order valence-electron chi connectivity index (χ2n) is 10.8. The van der Waals surface area contributed by atoms with Crippen molar-refractivity contribution >= 4 is 17.8 Å². The molecule has 0 saturated carbocycles. The van der Waals surface area contributed by atoms with Gasteiger partial charge in [-0.3, -0.25) is 4.79 Å². The number of nitrogens with one attached hydrogen (secondary N) is 1. The van der Waals surface area contributed by atoms with Gasteiger partial charge in [0.2, 0.25) is 0 Å². The van der Waals surface area contributed by atoms with Crippen LogP contribution in [0.2, 0.25) is 0 Å². The summed E-state index contributed by atoms with van der Waals surface area (Å²) in [5.41, 5.74) is 6.28. The van der Waals surface area contributed by atoms with E-state index in [0.29, 0.717) is 5.75 Å². The number of amides is 1. The van der Waals surface area contributed by atoms with Crippen molar-refractivity contribution in [3.05, 3.63) is 59.7 Å². The van der Waals surface area contributed by atoms with Crippen molar-refractivity contribution in [3.63, 3.8) is 0 Å². The molecule has 1 N–H and O–H groups in total. The number of carbonyl (C=O) groups is 1. The molecule has 2 rings (SSSR count). The van der Waals surface area contributed by atoms with Crippen molar-refractivity contribution in [2.24, 2.45) is 10.5 Å². The second-order valence-corrected chi connectivity index (χ2v) is 10.8. The maximum atomic E-state index is 12.1. The maximum absolute atomic E-state index is 12.1. The Morgan fingerprint density at radius 1 is 0.941 bits per heavy atom. The third-order valence-corrected chi connectivity index (χ3v) is 5.63. The van der Waals surface area contributed by atoms with Crippen LogP contribution in [-0.2, 0) is 10.2 Å². The SMILES string of the molecule is CCCN(CCC)c1ccc(C=NNC(=O)COc2ccc(C(C)(C)CC(C)(C)C)cc2)cc1. The molecule has 0 aromatic heterocycles. The number of rotatable bonds is 12. The average molecular weight is 466 g/mol. The molecule has 0 aliphatic rings. The largest absolute Gasteiger partial charge is 0.484 e. The van der Waals surface area contributed by atoms with E-state index in [0.717, 1.165) is 37.9 Å². The van der Waals surface area contributed by atoms with E-state index in [-0.39, 0.29) is 23.3 Å². The molecule has 0 aliphatic carbocycles. The highest BCUT2D eigenvalue weighted by molar-refractivity contribution is 5.83. The smallest absolute Gasteiger partial charge is 0.277 e. The Balaban J connectivity index is 1.83. The number of nitrogens with zero attached hydrogens (tertiary/aromatic N) is 2. The van der Waals surface area contributed by atoms with Crippen LogP contribution >= 0.6 is 0 Å². The predicted molar refractivity (Wildman–Crippen MR) is 144 cm³/mol. The molecule has 186 valence electrons. The van der Waals surface area contributed by atoms with Gasteiger partial charge in [-0.15, -0.1) is 0 Å². The molecular weight excluding hydrogens is 422 g/mol. The Morgan fingerprint density at radius 2 is 1.53 bits per heavy atom. The fraction of sp³-hybridized carbons (Fsp3) is 0.517. The van der Waals surface area contributed by atoms with Crippen LogP contribution in [0.25, 0.3) is 0 Å². The summed E-state index contributed by atoms with van der Waals surface area (Å²) in [6, 6.07) is 16.3. The third-order valence-electron chi connectivity index (χ3n) is 5.63. The summed E-state index contributed by atoms with van der Waals surface area (Å²) in [6.45, 7) is 17.7. The maximum Gasteiger partial charge on any atom is 0.277 e. The minimum absolute atomic E-state index is 0.0748. The van der Waals surface area contributed by atoms with Gasteiger partial charge >= 0.3 is 0 Å². The lowest BCUT2D eigenvalue weighted by Gasteiger charge is -2.33. The molecule has 1 amide bonds. The predicted octanol–water partition coefficient (Wildman–Crippen LogP) is 6.56. The Hall–Kier alpha value is -2.82. The summed E-state index contributed by atoms with van der Waals surface area (Å²) in [7, 11) is 0. The van der Waals surface area contributed by atoms with E-state index < -0.39 is 0 Å². The zero-order valence-electron chi connectivity index (χ0n) is 22.1. The standard InChI is InChI=1S/C29H43N3O2/c1-8-18-32(19-9-2)25-14-10-23(11-15-25)20-30-31-27(33)21-34-26-16-12-24(13-17-26)29(6,7)22-28(3,4)5/h10-17,20H,8-9,18-19,21-22H2,1-7H3,(H,31,33). The van der Waals surface area contributed by atoms with Crippen molar-refractivity contribution < 1.29 is 9.53 Å². The quantitative estimate of drug-likeness (QED) is 0.285. The first-order valence-electron chi connectivity index (χ1n) is 12.4. The summed E-state index contributed by atoms with van der Waals surface area (Å²) in [6.07, 6.45) is 4.98. The van der Waals surface area contributed by atoms with Crippen molar-refractivity contribution in [1.29, 1.82) is 0 Å². The average Bonchev–Trinajstić information content (AvgIpc) is 2.77. The lowest BCUT2D eigenvalue weighted by Crippen LogP contribution is -2.25. The van der Waals surface area contributed by atoms with Crippen LogP contribution in [0.5, 0.6) is 5.75 Å². The minimum atomic E-state index is -0.290. The lowest BCUT2D eigenvalue weighted by molar-refractivity contribution is -0.123. The van der Waals surface area contributed by atoms with E-state index >= 15 is 0 Å². The van der Waals surface area contributed by atoms with Crippen LogP contribution < -0.4 is 15.1 Å². The molecule has 0 aliphatic heterocycles. The molecule has 0 spiro atoms. The van der Waals surface area contributed by atoms with E-state index in [1.165, 1.54) is 11.3 Å². The van der Waals surface area contributed by atoms with Gasteiger partial charge in [0.1, 0.15) is 5.75 Å². The fourth-order valence-electron chi connectivity index (χ4n) is 4.47. The van der Waals surface area contributed by atoms with E-state index in [4.69, 9.17) is 4.74 Å². The van der Waals surface area contributed by atoms with Gasteiger partial charge in [0.25, 0.3) is 5.91 Å². The first-order chi connectivity index (χ1) is 16.0. The molecule has 0 bridgehead atoms. The summed E-state index contributed by atoms with van der Waals surface area (Å²) >= 11 is 0. The molecule has 2 aromatic rings. The first-order valence-corrected chi connectivity index (χ1v) is 12.4. The van der Waals surface area contributed by atoms with Gasteiger partial charge in [-0.25, -0.2) is 5.43 Å². The summed E-state index contributed by atoms with van der Waals surface area (Å²) in [5, 5.41) is 4.06. The van der Waals surface area contributed by atoms with Crippen molar-refractivity contribution in [1.82, 2.24) is 5.43 Å². The van der Waals surface area contributed by atoms with Gasteiger partial charge in [0.05, 0.1) is 6.21 Å². The number of hydrazone groups is 1. The lowest BCUT2D eigenvalue weighted by atomic mass is 9.72. The van der Waals surface area contributed by atoms with E-state index in [2.05, 4.69) is 88.2 Å². The molecule has 0 radical (unpaired) electrons. The molecule has 5 nitrogen and oxygen atoms in total. The number of hydrogen-bond acceptors (Lipinski definition) is 4. The van der Waals surface area contributed by atoms with Gasteiger partial charge in [0.15, 0.2) is 6.61 Å². The van der Waals surface area contributed by atoms with Crippen molar-refractivity contribution in [2.75, 3.05) is 24.6 Å². The van der Waals surface area contributed by atoms with Crippen molar-refractivity contribution in [2.45, 2.75) is 73.1 Å². The van der Waals surface area contributed by atoms with Crippen LogP contribution in [0.3, 0.4) is 0 Å². The van der Waals surface area contributed by atoms with Gasteiger partial charge in [0, 0.05) is 18.8 Å². The summed E-state index contributed by atoms with van der Waals surface area (Å²) in [5.74, 6) is 0.385. The Bertz CT molecular complexity index is 904. The Kier molecular flexibility index (Phi) is 10.2. The van der Waals surface area contributed by atoms with Gasteiger partial charge < -0.3 is 9.64 Å². The van der Waals surface area contributed by atoms with Crippen LogP contribution in [-0.4, -0.2) is 31.8 Å². The van der Waals surface area contributed by atoms with E-state index in [1.807, 2.05) is 24.3 Å². The molecule has 0 saturated heterocycles. The molecule has 0 fully saturated rings. The minimum Gasteiger partial charge on any atom is -0.484 e. The highest BCUT2D eigenvalue weighted by atomic mass is 16.5.